The van der Waals surface area contributed by atoms with Gasteiger partial charge in [0.25, 0.3) is 0 Å². The zero-order valence-corrected chi connectivity index (χ0v) is 8.98. The SMILES string of the molecule is O=C(CN1CCC(O)C1)N1CCNCC1. The molecular formula is C10H19N3O2. The molecule has 2 rings (SSSR count). The molecule has 2 aliphatic heterocycles. The van der Waals surface area contributed by atoms with Crippen LogP contribution in [0.3, 0.4) is 0 Å². The van der Waals surface area contributed by atoms with Gasteiger partial charge in [-0.2, -0.15) is 0 Å². The van der Waals surface area contributed by atoms with Crippen LogP contribution in [0.1, 0.15) is 6.42 Å². The molecule has 2 N–H and O–H groups in total. The maximum Gasteiger partial charge on any atom is 0.236 e. The second-order valence-electron chi connectivity index (χ2n) is 4.31. The van der Waals surface area contributed by atoms with E-state index in [-0.39, 0.29) is 12.0 Å². The van der Waals surface area contributed by atoms with Gasteiger partial charge < -0.3 is 15.3 Å². The predicted molar refractivity (Wildman–Crippen MR) is 56.5 cm³/mol. The largest absolute Gasteiger partial charge is 0.392 e. The zero-order valence-electron chi connectivity index (χ0n) is 8.98. The summed E-state index contributed by atoms with van der Waals surface area (Å²) >= 11 is 0. The first-order chi connectivity index (χ1) is 7.25. The van der Waals surface area contributed by atoms with Crippen molar-refractivity contribution < 1.29 is 9.90 Å². The predicted octanol–water partition coefficient (Wildman–Crippen LogP) is -1.52. The number of hydrogen-bond donors (Lipinski definition) is 2. The normalized spacial score (nSPS) is 28.3. The zero-order chi connectivity index (χ0) is 10.7. The maximum atomic E-state index is 11.8. The van der Waals surface area contributed by atoms with E-state index < -0.39 is 0 Å². The molecular weight excluding hydrogens is 194 g/mol. The fourth-order valence-electron chi connectivity index (χ4n) is 2.16. The molecule has 86 valence electrons. The Morgan fingerprint density at radius 2 is 2.07 bits per heavy atom. The Kier molecular flexibility index (Phi) is 3.56. The number of hydrogen-bond acceptors (Lipinski definition) is 4. The quantitative estimate of drug-likeness (QED) is 0.585. The van der Waals surface area contributed by atoms with E-state index in [1.54, 1.807) is 0 Å². The summed E-state index contributed by atoms with van der Waals surface area (Å²) in [7, 11) is 0. The molecule has 2 fully saturated rings. The van der Waals surface area contributed by atoms with Crippen molar-refractivity contribution in [3.05, 3.63) is 0 Å². The summed E-state index contributed by atoms with van der Waals surface area (Å²) in [5.74, 6) is 0.200. The van der Waals surface area contributed by atoms with E-state index in [0.717, 1.165) is 39.1 Å². The highest BCUT2D eigenvalue weighted by Crippen LogP contribution is 2.08. The maximum absolute atomic E-state index is 11.8. The molecule has 0 aromatic rings. The second kappa shape index (κ2) is 4.92. The lowest BCUT2D eigenvalue weighted by molar-refractivity contribution is -0.132. The van der Waals surface area contributed by atoms with Gasteiger partial charge in [-0.1, -0.05) is 0 Å². The average Bonchev–Trinajstić information content (AvgIpc) is 2.65. The summed E-state index contributed by atoms with van der Waals surface area (Å²) in [6.45, 7) is 5.39. The van der Waals surface area contributed by atoms with Gasteiger partial charge >= 0.3 is 0 Å². The van der Waals surface area contributed by atoms with Gasteiger partial charge in [-0.05, 0) is 6.42 Å². The average molecular weight is 213 g/mol. The molecule has 0 spiro atoms. The van der Waals surface area contributed by atoms with Crippen molar-refractivity contribution in [1.29, 1.82) is 0 Å². The van der Waals surface area contributed by atoms with Gasteiger partial charge in [-0.15, -0.1) is 0 Å². The van der Waals surface area contributed by atoms with Gasteiger partial charge in [-0.25, -0.2) is 0 Å². The Morgan fingerprint density at radius 1 is 1.33 bits per heavy atom. The van der Waals surface area contributed by atoms with Crippen molar-refractivity contribution in [2.75, 3.05) is 45.8 Å². The highest BCUT2D eigenvalue weighted by molar-refractivity contribution is 5.78. The van der Waals surface area contributed by atoms with Gasteiger partial charge in [0, 0.05) is 39.3 Å². The summed E-state index contributed by atoms with van der Waals surface area (Å²) < 4.78 is 0. The topological polar surface area (TPSA) is 55.8 Å². The highest BCUT2D eigenvalue weighted by atomic mass is 16.3. The van der Waals surface area contributed by atoms with Crippen LogP contribution in [0.2, 0.25) is 0 Å². The standard InChI is InChI=1S/C10H19N3O2/c14-9-1-4-12(7-9)8-10(15)13-5-2-11-3-6-13/h9,11,14H,1-8H2. The number of rotatable bonds is 2. The molecule has 5 heteroatoms. The fraction of sp³-hybridized carbons (Fsp3) is 0.900. The summed E-state index contributed by atoms with van der Waals surface area (Å²) in [5, 5.41) is 12.6. The lowest BCUT2D eigenvalue weighted by atomic mass is 10.3. The van der Waals surface area contributed by atoms with Gasteiger partial charge in [0.1, 0.15) is 0 Å². The van der Waals surface area contributed by atoms with Crippen LogP contribution in [-0.2, 0) is 4.79 Å². The Bertz CT molecular complexity index is 229. The molecule has 2 heterocycles. The smallest absolute Gasteiger partial charge is 0.236 e. The summed E-state index contributed by atoms with van der Waals surface area (Å²) in [4.78, 5) is 15.8. The van der Waals surface area contributed by atoms with Crippen molar-refractivity contribution in [3.63, 3.8) is 0 Å². The molecule has 2 saturated heterocycles. The molecule has 0 aromatic carbocycles. The van der Waals surface area contributed by atoms with Crippen molar-refractivity contribution >= 4 is 5.91 Å². The number of likely N-dealkylation sites (tertiary alicyclic amines) is 1. The fourth-order valence-corrected chi connectivity index (χ4v) is 2.16. The Balaban J connectivity index is 1.76. The molecule has 15 heavy (non-hydrogen) atoms. The second-order valence-corrected chi connectivity index (χ2v) is 4.31. The number of nitrogens with zero attached hydrogens (tertiary/aromatic N) is 2. The van der Waals surface area contributed by atoms with Crippen molar-refractivity contribution in [3.8, 4) is 0 Å². The lowest BCUT2D eigenvalue weighted by Gasteiger charge is -2.29. The van der Waals surface area contributed by atoms with Crippen molar-refractivity contribution in [2.24, 2.45) is 0 Å². The third-order valence-electron chi connectivity index (χ3n) is 3.08. The minimum Gasteiger partial charge on any atom is -0.392 e. The van der Waals surface area contributed by atoms with Gasteiger partial charge in [0.05, 0.1) is 12.6 Å². The highest BCUT2D eigenvalue weighted by Gasteiger charge is 2.24. The monoisotopic (exact) mass is 213 g/mol. The van der Waals surface area contributed by atoms with Crippen LogP contribution in [0.15, 0.2) is 0 Å². The number of aliphatic hydroxyl groups is 1. The number of carbonyl (C=O) groups is 1. The van der Waals surface area contributed by atoms with E-state index in [2.05, 4.69) is 5.32 Å². The van der Waals surface area contributed by atoms with Crippen molar-refractivity contribution in [2.45, 2.75) is 12.5 Å². The van der Waals surface area contributed by atoms with E-state index >= 15 is 0 Å². The Morgan fingerprint density at radius 3 is 2.67 bits per heavy atom. The van der Waals surface area contributed by atoms with Crippen LogP contribution in [0.25, 0.3) is 0 Å². The minimum atomic E-state index is -0.235. The third kappa shape index (κ3) is 2.90. The summed E-state index contributed by atoms with van der Waals surface area (Å²) in [6, 6.07) is 0. The van der Waals surface area contributed by atoms with E-state index in [9.17, 15) is 9.90 Å². The number of aliphatic hydroxyl groups excluding tert-OH is 1. The molecule has 0 saturated carbocycles. The molecule has 0 bridgehead atoms. The van der Waals surface area contributed by atoms with Crippen LogP contribution >= 0.6 is 0 Å². The van der Waals surface area contributed by atoms with E-state index in [4.69, 9.17) is 0 Å². The Hall–Kier alpha value is -0.650. The summed E-state index contributed by atoms with van der Waals surface area (Å²) in [6.07, 6.45) is 0.565. The minimum absolute atomic E-state index is 0.200. The first-order valence-corrected chi connectivity index (χ1v) is 5.64. The van der Waals surface area contributed by atoms with Gasteiger partial charge in [0.2, 0.25) is 5.91 Å². The van der Waals surface area contributed by atoms with E-state index in [0.29, 0.717) is 13.1 Å². The number of β-amino-alcohol motifs (C(OH)–C–C–N with tert-alkyl or cyclic N) is 1. The first-order valence-electron chi connectivity index (χ1n) is 5.64. The van der Waals surface area contributed by atoms with Crippen LogP contribution in [-0.4, -0.2) is 72.7 Å². The first kappa shape index (κ1) is 10.9. The molecule has 1 amide bonds. The number of carbonyl (C=O) groups excluding carboxylic acids is 1. The number of nitrogens with one attached hydrogen (secondary N) is 1. The van der Waals surface area contributed by atoms with Crippen LogP contribution < -0.4 is 5.32 Å². The van der Waals surface area contributed by atoms with E-state index in [1.165, 1.54) is 0 Å². The molecule has 0 radical (unpaired) electrons. The van der Waals surface area contributed by atoms with Crippen LogP contribution in [0.5, 0.6) is 0 Å². The Labute approximate surface area is 90.0 Å². The van der Waals surface area contributed by atoms with Crippen molar-refractivity contribution in [1.82, 2.24) is 15.1 Å². The third-order valence-corrected chi connectivity index (χ3v) is 3.08. The summed E-state index contributed by atoms with van der Waals surface area (Å²) in [5.41, 5.74) is 0. The van der Waals surface area contributed by atoms with Gasteiger partial charge in [0.15, 0.2) is 0 Å². The van der Waals surface area contributed by atoms with Crippen LogP contribution in [0, 0.1) is 0 Å². The molecule has 1 unspecified atom stereocenters. The number of amides is 1. The molecule has 1 atom stereocenters. The molecule has 0 aromatic heterocycles. The molecule has 0 aliphatic carbocycles. The number of piperazine rings is 1. The molecule has 5 nitrogen and oxygen atoms in total. The molecule has 2 aliphatic rings. The lowest BCUT2D eigenvalue weighted by Crippen LogP contribution is -2.49. The van der Waals surface area contributed by atoms with E-state index in [1.807, 2.05) is 9.80 Å². The van der Waals surface area contributed by atoms with Gasteiger partial charge in [-0.3, -0.25) is 9.69 Å². The van der Waals surface area contributed by atoms with Crippen LogP contribution in [0.4, 0.5) is 0 Å².